The number of nitrogens with zero attached hydrogens (tertiary/aromatic N) is 2. The molecule has 0 saturated heterocycles. The Morgan fingerprint density at radius 1 is 1.16 bits per heavy atom. The van der Waals surface area contributed by atoms with Crippen LogP contribution in [0.1, 0.15) is 23.7 Å². The highest BCUT2D eigenvalue weighted by Gasteiger charge is 2.07. The van der Waals surface area contributed by atoms with Crippen molar-refractivity contribution in [1.82, 2.24) is 4.98 Å². The lowest BCUT2D eigenvalue weighted by atomic mass is 10.1. The van der Waals surface area contributed by atoms with Crippen molar-refractivity contribution in [3.63, 3.8) is 0 Å². The van der Waals surface area contributed by atoms with Crippen molar-refractivity contribution < 1.29 is 0 Å². The third-order valence-electron chi connectivity index (χ3n) is 3.29. The number of anilines is 2. The maximum atomic E-state index is 5.75. The van der Waals surface area contributed by atoms with Gasteiger partial charge in [0.05, 0.1) is 0 Å². The minimum absolute atomic E-state index is 0.546. The van der Waals surface area contributed by atoms with E-state index in [0.717, 1.165) is 29.2 Å². The molecule has 3 nitrogen and oxygen atoms in total. The number of nitrogens with two attached hydrogens (primary N) is 1. The summed E-state index contributed by atoms with van der Waals surface area (Å²) in [6.07, 6.45) is 0.919. The molecule has 0 saturated carbocycles. The molecule has 100 valence electrons. The van der Waals surface area contributed by atoms with Crippen molar-refractivity contribution in [3.8, 4) is 0 Å². The third kappa shape index (κ3) is 3.12. The Morgan fingerprint density at radius 3 is 2.42 bits per heavy atom. The quantitative estimate of drug-likeness (QED) is 0.912. The molecule has 1 aromatic heterocycles. The van der Waals surface area contributed by atoms with Crippen LogP contribution in [0.5, 0.6) is 0 Å². The summed E-state index contributed by atoms with van der Waals surface area (Å²) >= 11 is 0. The number of aromatic nitrogens is 1. The van der Waals surface area contributed by atoms with E-state index in [1.165, 1.54) is 5.56 Å². The molecule has 2 rings (SSSR count). The fraction of sp³-hybridized carbons (Fsp3) is 0.312. The lowest BCUT2D eigenvalue weighted by Crippen LogP contribution is -2.13. The zero-order chi connectivity index (χ0) is 13.8. The van der Waals surface area contributed by atoms with Gasteiger partial charge in [-0.3, -0.25) is 0 Å². The summed E-state index contributed by atoms with van der Waals surface area (Å²) in [6.45, 7) is 4.74. The van der Waals surface area contributed by atoms with Crippen LogP contribution in [-0.2, 0) is 13.0 Å². The average molecular weight is 255 g/mol. The van der Waals surface area contributed by atoms with E-state index in [-0.39, 0.29) is 0 Å². The number of benzene rings is 1. The largest absolute Gasteiger partial charge is 0.329 e. The molecule has 0 radical (unpaired) electrons. The predicted molar refractivity (Wildman–Crippen MR) is 80.7 cm³/mol. The molecule has 0 spiro atoms. The summed E-state index contributed by atoms with van der Waals surface area (Å²) in [7, 11) is 2.03. The molecule has 0 aliphatic rings. The first kappa shape index (κ1) is 13.6. The first-order chi connectivity index (χ1) is 9.13. The van der Waals surface area contributed by atoms with Crippen molar-refractivity contribution in [1.29, 1.82) is 0 Å². The van der Waals surface area contributed by atoms with Gasteiger partial charge in [-0.05, 0) is 43.2 Å². The van der Waals surface area contributed by atoms with Crippen LogP contribution in [0.3, 0.4) is 0 Å². The molecular weight excluding hydrogens is 234 g/mol. The molecule has 0 unspecified atom stereocenters. The van der Waals surface area contributed by atoms with Crippen LogP contribution in [-0.4, -0.2) is 12.0 Å². The van der Waals surface area contributed by atoms with E-state index < -0.39 is 0 Å². The summed E-state index contributed by atoms with van der Waals surface area (Å²) in [4.78, 5) is 6.76. The number of pyridine rings is 1. The summed E-state index contributed by atoms with van der Waals surface area (Å²) in [5.74, 6) is 0.948. The number of rotatable bonds is 4. The van der Waals surface area contributed by atoms with Crippen molar-refractivity contribution in [3.05, 3.63) is 53.2 Å². The van der Waals surface area contributed by atoms with Gasteiger partial charge in [0.1, 0.15) is 5.82 Å². The molecule has 0 aliphatic carbocycles. The van der Waals surface area contributed by atoms with Gasteiger partial charge in [-0.2, -0.15) is 0 Å². The van der Waals surface area contributed by atoms with E-state index in [9.17, 15) is 0 Å². The molecule has 1 aromatic carbocycles. The van der Waals surface area contributed by atoms with Gasteiger partial charge < -0.3 is 10.6 Å². The average Bonchev–Trinajstić information content (AvgIpc) is 2.46. The molecule has 0 bridgehead atoms. The van der Waals surface area contributed by atoms with Crippen LogP contribution in [0.4, 0.5) is 11.5 Å². The lowest BCUT2D eigenvalue weighted by molar-refractivity contribution is 0.971. The molecule has 2 N–H and O–H groups in total. The van der Waals surface area contributed by atoms with Gasteiger partial charge in [0.25, 0.3) is 0 Å². The molecule has 3 heteroatoms. The maximum absolute atomic E-state index is 5.75. The summed E-state index contributed by atoms with van der Waals surface area (Å²) < 4.78 is 0. The molecular formula is C16H21N3. The Bertz CT molecular complexity index is 524. The van der Waals surface area contributed by atoms with Gasteiger partial charge in [0.2, 0.25) is 0 Å². The van der Waals surface area contributed by atoms with Gasteiger partial charge in [-0.1, -0.05) is 24.6 Å². The minimum Gasteiger partial charge on any atom is -0.329 e. The Labute approximate surface area is 115 Å². The standard InChI is InChI=1S/C16H21N3/c1-4-14-9-13(11-17)10-16(18-14)19(3)15-7-5-12(2)6-8-15/h5-10H,4,11,17H2,1-3H3. The van der Waals surface area contributed by atoms with Gasteiger partial charge in [-0.15, -0.1) is 0 Å². The van der Waals surface area contributed by atoms with Crippen LogP contribution >= 0.6 is 0 Å². The molecule has 0 fully saturated rings. The summed E-state index contributed by atoms with van der Waals surface area (Å²) in [5.41, 5.74) is 10.4. The first-order valence-electron chi connectivity index (χ1n) is 6.64. The molecule has 0 amide bonds. The van der Waals surface area contributed by atoms with E-state index in [1.54, 1.807) is 0 Å². The molecule has 0 atom stereocenters. The Hall–Kier alpha value is -1.87. The van der Waals surface area contributed by atoms with Gasteiger partial charge >= 0.3 is 0 Å². The minimum atomic E-state index is 0.546. The van der Waals surface area contributed by atoms with Crippen LogP contribution in [0.15, 0.2) is 36.4 Å². The van der Waals surface area contributed by atoms with Crippen LogP contribution in [0.2, 0.25) is 0 Å². The van der Waals surface area contributed by atoms with E-state index in [4.69, 9.17) is 5.73 Å². The normalized spacial score (nSPS) is 10.5. The Kier molecular flexibility index (Phi) is 4.17. The van der Waals surface area contributed by atoms with Crippen molar-refractivity contribution in [2.45, 2.75) is 26.8 Å². The van der Waals surface area contributed by atoms with Crippen molar-refractivity contribution in [2.24, 2.45) is 5.73 Å². The zero-order valence-corrected chi connectivity index (χ0v) is 11.9. The van der Waals surface area contributed by atoms with Gasteiger partial charge in [0, 0.05) is 25.0 Å². The van der Waals surface area contributed by atoms with Gasteiger partial charge in [0.15, 0.2) is 0 Å². The second-order valence-corrected chi connectivity index (χ2v) is 4.78. The summed E-state index contributed by atoms with van der Waals surface area (Å²) in [6, 6.07) is 12.6. The topological polar surface area (TPSA) is 42.1 Å². The summed E-state index contributed by atoms with van der Waals surface area (Å²) in [5, 5.41) is 0. The fourth-order valence-corrected chi connectivity index (χ4v) is 2.00. The first-order valence-corrected chi connectivity index (χ1v) is 6.64. The number of hydrogen-bond donors (Lipinski definition) is 1. The van der Waals surface area contributed by atoms with E-state index in [1.807, 2.05) is 7.05 Å². The second-order valence-electron chi connectivity index (χ2n) is 4.78. The van der Waals surface area contributed by atoms with E-state index in [2.05, 4.69) is 60.1 Å². The highest BCUT2D eigenvalue weighted by Crippen LogP contribution is 2.23. The van der Waals surface area contributed by atoms with Crippen LogP contribution < -0.4 is 10.6 Å². The predicted octanol–water partition coefficient (Wildman–Crippen LogP) is 3.18. The highest BCUT2D eigenvalue weighted by atomic mass is 15.2. The number of aryl methyl sites for hydroxylation is 2. The molecule has 2 aromatic rings. The smallest absolute Gasteiger partial charge is 0.133 e. The highest BCUT2D eigenvalue weighted by molar-refractivity contribution is 5.60. The Morgan fingerprint density at radius 2 is 1.84 bits per heavy atom. The van der Waals surface area contributed by atoms with Crippen LogP contribution in [0, 0.1) is 6.92 Å². The molecule has 0 aliphatic heterocycles. The molecule has 19 heavy (non-hydrogen) atoms. The fourth-order valence-electron chi connectivity index (χ4n) is 2.00. The van der Waals surface area contributed by atoms with E-state index >= 15 is 0 Å². The SMILES string of the molecule is CCc1cc(CN)cc(N(C)c2ccc(C)cc2)n1. The van der Waals surface area contributed by atoms with Gasteiger partial charge in [-0.25, -0.2) is 4.98 Å². The van der Waals surface area contributed by atoms with Crippen molar-refractivity contribution in [2.75, 3.05) is 11.9 Å². The third-order valence-corrected chi connectivity index (χ3v) is 3.29. The van der Waals surface area contributed by atoms with Crippen LogP contribution in [0.25, 0.3) is 0 Å². The lowest BCUT2D eigenvalue weighted by Gasteiger charge is -2.20. The zero-order valence-electron chi connectivity index (χ0n) is 11.9. The second kappa shape index (κ2) is 5.85. The number of hydrogen-bond acceptors (Lipinski definition) is 3. The monoisotopic (exact) mass is 255 g/mol. The Balaban J connectivity index is 2.37. The molecule has 1 heterocycles. The maximum Gasteiger partial charge on any atom is 0.133 e. The van der Waals surface area contributed by atoms with Crippen molar-refractivity contribution >= 4 is 11.5 Å². The van der Waals surface area contributed by atoms with E-state index in [0.29, 0.717) is 6.54 Å².